The molecule has 0 aliphatic heterocycles. The van der Waals surface area contributed by atoms with Gasteiger partial charge in [0.1, 0.15) is 11.8 Å². The fourth-order valence-corrected chi connectivity index (χ4v) is 4.64. The van der Waals surface area contributed by atoms with Crippen LogP contribution in [0.5, 0.6) is 5.75 Å². The van der Waals surface area contributed by atoms with Gasteiger partial charge in [0.2, 0.25) is 15.9 Å². The van der Waals surface area contributed by atoms with Crippen molar-refractivity contribution < 1.29 is 17.9 Å². The highest BCUT2D eigenvalue weighted by molar-refractivity contribution is 7.89. The lowest BCUT2D eigenvalue weighted by Gasteiger charge is -2.23. The lowest BCUT2D eigenvalue weighted by atomic mass is 10.0. The Morgan fingerprint density at radius 1 is 0.969 bits per heavy atom. The molecule has 8 heteroatoms. The Morgan fingerprint density at radius 3 is 2.25 bits per heavy atom. The van der Waals surface area contributed by atoms with Crippen molar-refractivity contribution in [3.8, 4) is 5.75 Å². The summed E-state index contributed by atoms with van der Waals surface area (Å²) in [5.41, 5.74) is 1.62. The highest BCUT2D eigenvalue weighted by atomic mass is 35.5. The molecule has 3 aromatic rings. The monoisotopic (exact) mass is 472 g/mol. The van der Waals surface area contributed by atoms with Gasteiger partial charge in [0.25, 0.3) is 0 Å². The van der Waals surface area contributed by atoms with Crippen LogP contribution < -0.4 is 14.8 Å². The van der Waals surface area contributed by atoms with Crippen LogP contribution in [0.15, 0.2) is 83.8 Å². The van der Waals surface area contributed by atoms with E-state index in [1.54, 1.807) is 7.11 Å². The second-order valence-corrected chi connectivity index (χ2v) is 9.44. The normalized spacial score (nSPS) is 13.2. The van der Waals surface area contributed by atoms with Gasteiger partial charge in [-0.15, -0.1) is 0 Å². The molecule has 0 aromatic heterocycles. The Hall–Kier alpha value is -2.87. The SMILES string of the molecule is COc1ccccc1[C@@H](C)NC(=O)[C@@H](Cc1ccccc1)NS(=O)(=O)c1ccc(Cl)cc1. The van der Waals surface area contributed by atoms with Crippen LogP contribution in [-0.2, 0) is 21.2 Å². The molecule has 1 amide bonds. The number of nitrogens with one attached hydrogen (secondary N) is 2. The summed E-state index contributed by atoms with van der Waals surface area (Å²) in [6, 6.07) is 21.0. The Kier molecular flexibility index (Phi) is 7.90. The molecule has 0 saturated heterocycles. The summed E-state index contributed by atoms with van der Waals surface area (Å²) in [5.74, 6) is 0.200. The Labute approximate surface area is 193 Å². The van der Waals surface area contributed by atoms with E-state index in [-0.39, 0.29) is 11.3 Å². The fraction of sp³-hybridized carbons (Fsp3) is 0.208. The third-order valence-corrected chi connectivity index (χ3v) is 6.72. The summed E-state index contributed by atoms with van der Waals surface area (Å²) in [5, 5.41) is 3.33. The number of ether oxygens (including phenoxy) is 1. The van der Waals surface area contributed by atoms with Gasteiger partial charge in [-0.1, -0.05) is 60.1 Å². The van der Waals surface area contributed by atoms with Crippen LogP contribution in [0.1, 0.15) is 24.1 Å². The number of halogens is 1. The van der Waals surface area contributed by atoms with E-state index in [0.29, 0.717) is 10.8 Å². The summed E-state index contributed by atoms with van der Waals surface area (Å²) in [6.07, 6.45) is 0.193. The maximum absolute atomic E-state index is 13.2. The number of hydrogen-bond donors (Lipinski definition) is 2. The van der Waals surface area contributed by atoms with Gasteiger partial charge in [-0.2, -0.15) is 4.72 Å². The molecule has 32 heavy (non-hydrogen) atoms. The predicted molar refractivity (Wildman–Crippen MR) is 125 cm³/mol. The van der Waals surface area contributed by atoms with Gasteiger partial charge in [0.15, 0.2) is 0 Å². The minimum atomic E-state index is -3.95. The van der Waals surface area contributed by atoms with E-state index in [0.717, 1.165) is 11.1 Å². The third kappa shape index (κ3) is 6.09. The molecule has 0 saturated carbocycles. The van der Waals surface area contributed by atoms with E-state index >= 15 is 0 Å². The van der Waals surface area contributed by atoms with Gasteiger partial charge < -0.3 is 10.1 Å². The maximum atomic E-state index is 13.2. The number of sulfonamides is 1. The zero-order valence-electron chi connectivity index (χ0n) is 17.8. The summed E-state index contributed by atoms with van der Waals surface area (Å²) in [4.78, 5) is 13.2. The Morgan fingerprint density at radius 2 is 1.59 bits per heavy atom. The van der Waals surface area contributed by atoms with Gasteiger partial charge in [0.05, 0.1) is 18.0 Å². The van der Waals surface area contributed by atoms with Crippen LogP contribution in [0.3, 0.4) is 0 Å². The van der Waals surface area contributed by atoms with Crippen LogP contribution in [-0.4, -0.2) is 27.5 Å². The minimum absolute atomic E-state index is 0.0329. The Bertz CT molecular complexity index is 1150. The predicted octanol–water partition coefficient (Wildman–Crippen LogP) is 4.12. The first kappa shape index (κ1) is 23.8. The number of carbonyl (C=O) groups is 1. The van der Waals surface area contributed by atoms with Gasteiger partial charge in [0, 0.05) is 10.6 Å². The molecule has 0 fully saturated rings. The van der Waals surface area contributed by atoms with E-state index in [1.807, 2.05) is 61.5 Å². The van der Waals surface area contributed by atoms with Crippen LogP contribution in [0.25, 0.3) is 0 Å². The maximum Gasteiger partial charge on any atom is 0.241 e. The zero-order valence-corrected chi connectivity index (χ0v) is 19.4. The van der Waals surface area contributed by atoms with Crippen molar-refractivity contribution >= 4 is 27.5 Å². The average Bonchev–Trinajstić information content (AvgIpc) is 2.79. The molecule has 6 nitrogen and oxygen atoms in total. The zero-order chi connectivity index (χ0) is 23.1. The molecule has 0 bridgehead atoms. The smallest absolute Gasteiger partial charge is 0.241 e. The topological polar surface area (TPSA) is 84.5 Å². The first-order chi connectivity index (χ1) is 15.3. The van der Waals surface area contributed by atoms with Crippen LogP contribution in [0.4, 0.5) is 0 Å². The van der Waals surface area contributed by atoms with Gasteiger partial charge in [-0.3, -0.25) is 4.79 Å². The summed E-state index contributed by atoms with van der Waals surface area (Å²) in [7, 11) is -2.39. The van der Waals surface area contributed by atoms with Crippen LogP contribution >= 0.6 is 11.6 Å². The van der Waals surface area contributed by atoms with Crippen molar-refractivity contribution in [2.45, 2.75) is 30.3 Å². The molecule has 2 N–H and O–H groups in total. The molecular formula is C24H25ClN2O4S. The molecular weight excluding hydrogens is 448 g/mol. The summed E-state index contributed by atoms with van der Waals surface area (Å²) >= 11 is 5.88. The number of methoxy groups -OCH3 is 1. The van der Waals surface area contributed by atoms with E-state index in [9.17, 15) is 13.2 Å². The molecule has 2 atom stereocenters. The van der Waals surface area contributed by atoms with Crippen molar-refractivity contribution in [1.82, 2.24) is 10.0 Å². The van der Waals surface area contributed by atoms with E-state index in [2.05, 4.69) is 10.0 Å². The number of rotatable bonds is 9. The van der Waals surface area contributed by atoms with Crippen molar-refractivity contribution in [3.63, 3.8) is 0 Å². The van der Waals surface area contributed by atoms with Gasteiger partial charge in [-0.25, -0.2) is 8.42 Å². The molecule has 0 spiro atoms. The summed E-state index contributed by atoms with van der Waals surface area (Å²) in [6.45, 7) is 1.82. The highest BCUT2D eigenvalue weighted by Gasteiger charge is 2.27. The first-order valence-corrected chi connectivity index (χ1v) is 11.9. The third-order valence-electron chi connectivity index (χ3n) is 4.98. The van der Waals surface area contributed by atoms with Gasteiger partial charge in [-0.05, 0) is 49.2 Å². The number of hydrogen-bond acceptors (Lipinski definition) is 4. The van der Waals surface area contributed by atoms with E-state index in [4.69, 9.17) is 16.3 Å². The lowest BCUT2D eigenvalue weighted by Crippen LogP contribution is -2.48. The second kappa shape index (κ2) is 10.6. The lowest BCUT2D eigenvalue weighted by molar-refractivity contribution is -0.123. The molecule has 3 aromatic carbocycles. The number of para-hydroxylation sites is 1. The molecule has 0 radical (unpaired) electrons. The first-order valence-electron chi connectivity index (χ1n) is 10.1. The largest absolute Gasteiger partial charge is 0.496 e. The molecule has 0 heterocycles. The quantitative estimate of drug-likeness (QED) is 0.490. The number of carbonyl (C=O) groups excluding carboxylic acids is 1. The highest BCUT2D eigenvalue weighted by Crippen LogP contribution is 2.24. The van der Waals surface area contributed by atoms with Crippen LogP contribution in [0.2, 0.25) is 5.02 Å². The second-order valence-electron chi connectivity index (χ2n) is 7.29. The van der Waals surface area contributed by atoms with Crippen molar-refractivity contribution in [2.75, 3.05) is 7.11 Å². The van der Waals surface area contributed by atoms with Crippen molar-refractivity contribution in [3.05, 3.63) is 95.0 Å². The number of amides is 1. The van der Waals surface area contributed by atoms with E-state index < -0.39 is 28.0 Å². The Balaban J connectivity index is 1.85. The average molecular weight is 473 g/mol. The van der Waals surface area contributed by atoms with E-state index in [1.165, 1.54) is 24.3 Å². The van der Waals surface area contributed by atoms with Gasteiger partial charge >= 0.3 is 0 Å². The molecule has 3 rings (SSSR count). The van der Waals surface area contributed by atoms with Crippen molar-refractivity contribution in [2.24, 2.45) is 0 Å². The standard InChI is InChI=1S/C24H25ClN2O4S/c1-17(21-10-6-7-11-23(21)31-2)26-24(28)22(16-18-8-4-3-5-9-18)27-32(29,30)20-14-12-19(25)13-15-20/h3-15,17,22,27H,16H2,1-2H3,(H,26,28)/t17-,22-/m1/s1. The molecule has 0 aliphatic rings. The molecule has 0 aliphatic carbocycles. The minimum Gasteiger partial charge on any atom is -0.496 e. The van der Waals surface area contributed by atoms with Crippen LogP contribution in [0, 0.1) is 0 Å². The fourth-order valence-electron chi connectivity index (χ4n) is 3.32. The number of benzene rings is 3. The molecule has 0 unspecified atom stereocenters. The molecule has 168 valence electrons. The summed E-state index contributed by atoms with van der Waals surface area (Å²) < 4.78 is 33.8. The van der Waals surface area contributed by atoms with Crippen molar-refractivity contribution in [1.29, 1.82) is 0 Å².